The summed E-state index contributed by atoms with van der Waals surface area (Å²) in [6.07, 6.45) is 0.870. The van der Waals surface area contributed by atoms with Crippen LogP contribution in [0.2, 0.25) is 0 Å². The van der Waals surface area contributed by atoms with Gasteiger partial charge < -0.3 is 15.8 Å². The zero-order chi connectivity index (χ0) is 15.1. The van der Waals surface area contributed by atoms with Gasteiger partial charge in [0.1, 0.15) is 0 Å². The van der Waals surface area contributed by atoms with Crippen molar-refractivity contribution in [2.45, 2.75) is 52.9 Å². The quantitative estimate of drug-likeness (QED) is 0.811. The molecule has 0 heterocycles. The van der Waals surface area contributed by atoms with Gasteiger partial charge in [-0.3, -0.25) is 4.79 Å². The zero-order valence-corrected chi connectivity index (χ0v) is 14.1. The van der Waals surface area contributed by atoms with E-state index >= 15 is 0 Å². The van der Waals surface area contributed by atoms with E-state index in [0.717, 1.165) is 11.3 Å². The lowest BCUT2D eigenvalue weighted by Crippen LogP contribution is -2.36. The summed E-state index contributed by atoms with van der Waals surface area (Å²) in [7, 11) is 0. The molecular formula is C16H27ClN2O2. The van der Waals surface area contributed by atoms with Gasteiger partial charge in [-0.05, 0) is 43.9 Å². The minimum absolute atomic E-state index is 0. The van der Waals surface area contributed by atoms with Crippen molar-refractivity contribution in [2.24, 2.45) is 11.7 Å². The Labute approximate surface area is 133 Å². The van der Waals surface area contributed by atoms with Crippen LogP contribution in [0.4, 0.5) is 5.69 Å². The fourth-order valence-electron chi connectivity index (χ4n) is 1.85. The Hall–Kier alpha value is -1.10. The van der Waals surface area contributed by atoms with E-state index in [1.165, 1.54) is 0 Å². The van der Waals surface area contributed by atoms with Crippen molar-refractivity contribution in [3.63, 3.8) is 0 Å². The summed E-state index contributed by atoms with van der Waals surface area (Å²) < 4.78 is 5.55. The number of amides is 1. The van der Waals surface area contributed by atoms with Crippen molar-refractivity contribution in [1.29, 1.82) is 0 Å². The van der Waals surface area contributed by atoms with Gasteiger partial charge in [-0.15, -0.1) is 12.4 Å². The number of ether oxygens (including phenoxy) is 1. The molecule has 3 N–H and O–H groups in total. The first-order valence-electron chi connectivity index (χ1n) is 7.15. The molecule has 0 aliphatic rings. The summed E-state index contributed by atoms with van der Waals surface area (Å²) in [5.41, 5.74) is 7.66. The van der Waals surface area contributed by atoms with E-state index in [4.69, 9.17) is 10.5 Å². The second kappa shape index (κ2) is 9.77. The minimum Gasteiger partial charge on any atom is -0.374 e. The van der Waals surface area contributed by atoms with Crippen molar-refractivity contribution in [1.82, 2.24) is 0 Å². The predicted octanol–water partition coefficient (Wildman–Crippen LogP) is 3.35. The van der Waals surface area contributed by atoms with Crippen LogP contribution in [0.1, 0.15) is 39.7 Å². The van der Waals surface area contributed by atoms with Crippen LogP contribution >= 0.6 is 12.4 Å². The largest absolute Gasteiger partial charge is 0.374 e. The van der Waals surface area contributed by atoms with E-state index in [0.29, 0.717) is 18.9 Å². The number of halogens is 1. The first-order valence-corrected chi connectivity index (χ1v) is 7.15. The Balaban J connectivity index is 0.00000400. The Bertz CT molecular complexity index is 436. The average Bonchev–Trinajstić information content (AvgIpc) is 2.36. The second-order valence-electron chi connectivity index (χ2n) is 5.79. The molecule has 0 spiro atoms. The molecule has 1 atom stereocenters. The normalized spacial score (nSPS) is 12.1. The number of hydrogen-bond donors (Lipinski definition) is 2. The molecule has 120 valence electrons. The van der Waals surface area contributed by atoms with Gasteiger partial charge in [0.25, 0.3) is 0 Å². The van der Waals surface area contributed by atoms with Gasteiger partial charge in [0.2, 0.25) is 5.91 Å². The maximum atomic E-state index is 12.0. The van der Waals surface area contributed by atoms with Gasteiger partial charge in [0, 0.05) is 5.69 Å². The molecule has 4 nitrogen and oxygen atoms in total. The van der Waals surface area contributed by atoms with Crippen LogP contribution in [0.25, 0.3) is 0 Å². The molecule has 1 amide bonds. The maximum absolute atomic E-state index is 12.0. The molecule has 0 aromatic heterocycles. The molecule has 1 aromatic carbocycles. The summed E-state index contributed by atoms with van der Waals surface area (Å²) in [4.78, 5) is 12.0. The van der Waals surface area contributed by atoms with E-state index in [-0.39, 0.29) is 24.4 Å². The number of carbonyl (C=O) groups excluding carboxylic acids is 1. The summed E-state index contributed by atoms with van der Waals surface area (Å²) >= 11 is 0. The molecule has 0 unspecified atom stereocenters. The van der Waals surface area contributed by atoms with Gasteiger partial charge in [-0.25, -0.2) is 0 Å². The number of carbonyl (C=O) groups is 1. The number of anilines is 1. The van der Waals surface area contributed by atoms with Gasteiger partial charge in [0.15, 0.2) is 0 Å². The highest BCUT2D eigenvalue weighted by Gasteiger charge is 2.15. The Kier molecular flexibility index (Phi) is 9.26. The number of benzene rings is 1. The molecule has 0 aliphatic carbocycles. The highest BCUT2D eigenvalue weighted by atomic mass is 35.5. The smallest absolute Gasteiger partial charge is 0.241 e. The Morgan fingerprint density at radius 2 is 1.95 bits per heavy atom. The van der Waals surface area contributed by atoms with E-state index < -0.39 is 6.04 Å². The van der Waals surface area contributed by atoms with Crippen molar-refractivity contribution in [3.8, 4) is 0 Å². The minimum atomic E-state index is -0.467. The fourth-order valence-corrected chi connectivity index (χ4v) is 1.85. The van der Waals surface area contributed by atoms with Crippen LogP contribution in [-0.4, -0.2) is 18.1 Å². The van der Waals surface area contributed by atoms with Crippen molar-refractivity contribution in [2.75, 3.05) is 5.32 Å². The first-order chi connectivity index (χ1) is 9.38. The first kappa shape index (κ1) is 19.9. The SMILES string of the molecule is CC(C)C[C@H](N)C(=O)Nc1cccc(COC(C)C)c1.Cl. The molecule has 5 heteroatoms. The molecule has 0 aliphatic heterocycles. The molecular weight excluding hydrogens is 288 g/mol. The molecule has 0 bridgehead atoms. The lowest BCUT2D eigenvalue weighted by atomic mass is 10.0. The zero-order valence-electron chi connectivity index (χ0n) is 13.3. The summed E-state index contributed by atoms with van der Waals surface area (Å²) in [6.45, 7) is 8.64. The third-order valence-electron chi connectivity index (χ3n) is 2.84. The van der Waals surface area contributed by atoms with Crippen LogP contribution < -0.4 is 11.1 Å². The van der Waals surface area contributed by atoms with Crippen LogP contribution in [0.3, 0.4) is 0 Å². The third kappa shape index (κ3) is 8.05. The highest BCUT2D eigenvalue weighted by Crippen LogP contribution is 2.13. The number of hydrogen-bond acceptors (Lipinski definition) is 3. The van der Waals surface area contributed by atoms with Gasteiger partial charge in [-0.2, -0.15) is 0 Å². The lowest BCUT2D eigenvalue weighted by molar-refractivity contribution is -0.117. The van der Waals surface area contributed by atoms with Crippen LogP contribution in [-0.2, 0) is 16.1 Å². The monoisotopic (exact) mass is 314 g/mol. The van der Waals surface area contributed by atoms with Crippen molar-refractivity contribution in [3.05, 3.63) is 29.8 Å². The lowest BCUT2D eigenvalue weighted by Gasteiger charge is -2.15. The fraction of sp³-hybridized carbons (Fsp3) is 0.562. The van der Waals surface area contributed by atoms with Gasteiger partial charge >= 0.3 is 0 Å². The molecule has 1 rings (SSSR count). The van der Waals surface area contributed by atoms with Gasteiger partial charge in [0.05, 0.1) is 18.8 Å². The summed E-state index contributed by atoms with van der Waals surface area (Å²) in [5.74, 6) is 0.266. The molecule has 0 saturated carbocycles. The summed E-state index contributed by atoms with van der Waals surface area (Å²) in [5, 5.41) is 2.86. The molecule has 1 aromatic rings. The number of rotatable bonds is 7. The van der Waals surface area contributed by atoms with Crippen molar-refractivity contribution < 1.29 is 9.53 Å². The standard InChI is InChI=1S/C16H26N2O2.ClH/c1-11(2)8-15(17)16(19)18-14-7-5-6-13(9-14)10-20-12(3)4;/h5-7,9,11-12,15H,8,10,17H2,1-4H3,(H,18,19);1H/t15-;/m0./s1. The Morgan fingerprint density at radius 3 is 2.52 bits per heavy atom. The Morgan fingerprint density at radius 1 is 1.29 bits per heavy atom. The van der Waals surface area contributed by atoms with Crippen molar-refractivity contribution >= 4 is 24.0 Å². The number of nitrogens with one attached hydrogen (secondary N) is 1. The van der Waals surface area contributed by atoms with Crippen LogP contribution in [0, 0.1) is 5.92 Å². The maximum Gasteiger partial charge on any atom is 0.241 e. The highest BCUT2D eigenvalue weighted by molar-refractivity contribution is 5.94. The average molecular weight is 315 g/mol. The van der Waals surface area contributed by atoms with Gasteiger partial charge in [-0.1, -0.05) is 26.0 Å². The van der Waals surface area contributed by atoms with Crippen LogP contribution in [0.15, 0.2) is 24.3 Å². The van der Waals surface area contributed by atoms with E-state index in [2.05, 4.69) is 19.2 Å². The predicted molar refractivity (Wildman–Crippen MR) is 89.7 cm³/mol. The molecule has 0 saturated heterocycles. The second-order valence-corrected chi connectivity index (χ2v) is 5.79. The summed E-state index contributed by atoms with van der Waals surface area (Å²) in [6, 6.07) is 7.20. The molecule has 21 heavy (non-hydrogen) atoms. The van der Waals surface area contributed by atoms with Crippen LogP contribution in [0.5, 0.6) is 0 Å². The molecule has 0 fully saturated rings. The number of nitrogens with two attached hydrogens (primary N) is 1. The topological polar surface area (TPSA) is 64.4 Å². The van der Waals surface area contributed by atoms with E-state index in [1.54, 1.807) is 0 Å². The van der Waals surface area contributed by atoms with E-state index in [1.807, 2.05) is 38.1 Å². The van der Waals surface area contributed by atoms with E-state index in [9.17, 15) is 4.79 Å². The molecule has 0 radical (unpaired) electrons. The third-order valence-corrected chi connectivity index (χ3v) is 2.84.